The van der Waals surface area contributed by atoms with E-state index in [1.54, 1.807) is 0 Å². The molecule has 0 bridgehead atoms. The zero-order valence-corrected chi connectivity index (χ0v) is 25.5. The van der Waals surface area contributed by atoms with Crippen LogP contribution in [0.25, 0.3) is 22.8 Å². The summed E-state index contributed by atoms with van der Waals surface area (Å²) < 4.78 is 13.2. The summed E-state index contributed by atoms with van der Waals surface area (Å²) in [6.45, 7) is 4.93. The van der Waals surface area contributed by atoms with Gasteiger partial charge in [-0.3, -0.25) is 9.97 Å². The van der Waals surface area contributed by atoms with E-state index in [9.17, 15) is 10.2 Å². The van der Waals surface area contributed by atoms with Crippen LogP contribution in [-0.2, 0) is 22.7 Å². The summed E-state index contributed by atoms with van der Waals surface area (Å²) in [5, 5.41) is 20.1. The summed E-state index contributed by atoms with van der Waals surface area (Å²) in [6, 6.07) is 23.8. The molecule has 0 aliphatic heterocycles. The fourth-order valence-corrected chi connectivity index (χ4v) is 6.98. The second-order valence-corrected chi connectivity index (χ2v) is 12.4. The molecule has 230 valence electrons. The first kappa shape index (κ1) is 30.5. The van der Waals surface area contributed by atoms with Crippen molar-refractivity contribution >= 4 is 0 Å². The quantitative estimate of drug-likeness (QED) is 0.240. The fraction of sp³-hybridized carbons (Fsp3) is 0.444. The molecule has 4 aromatic heterocycles. The number of pyridine rings is 4. The lowest BCUT2D eigenvalue weighted by Crippen LogP contribution is -2.47. The van der Waals surface area contributed by atoms with Crippen LogP contribution in [0.15, 0.2) is 72.8 Å². The van der Waals surface area contributed by atoms with Crippen LogP contribution in [0.2, 0.25) is 0 Å². The Bertz CT molecular complexity index is 1430. The van der Waals surface area contributed by atoms with Crippen LogP contribution in [0.4, 0.5) is 0 Å². The lowest BCUT2D eigenvalue weighted by molar-refractivity contribution is -0.141. The van der Waals surface area contributed by atoms with Crippen LogP contribution in [-0.4, -0.2) is 55.6 Å². The van der Waals surface area contributed by atoms with E-state index in [2.05, 4.69) is 9.97 Å². The second-order valence-electron chi connectivity index (χ2n) is 12.4. The molecule has 8 heteroatoms. The van der Waals surface area contributed by atoms with E-state index in [0.29, 0.717) is 25.0 Å². The highest BCUT2D eigenvalue weighted by molar-refractivity contribution is 5.55. The number of rotatable bonds is 10. The van der Waals surface area contributed by atoms with Crippen molar-refractivity contribution in [2.24, 2.45) is 23.7 Å². The lowest BCUT2D eigenvalue weighted by Gasteiger charge is -2.47. The molecule has 2 aliphatic rings. The Morgan fingerprint density at radius 1 is 0.545 bits per heavy atom. The van der Waals surface area contributed by atoms with Crippen molar-refractivity contribution in [3.63, 3.8) is 0 Å². The molecular weight excluding hydrogens is 552 g/mol. The molecular formula is C36H42N4O4. The molecule has 0 spiro atoms. The predicted molar refractivity (Wildman–Crippen MR) is 168 cm³/mol. The molecule has 0 amide bonds. The molecule has 4 aromatic rings. The zero-order valence-electron chi connectivity index (χ0n) is 25.5. The van der Waals surface area contributed by atoms with Gasteiger partial charge in [0, 0.05) is 24.6 Å². The summed E-state index contributed by atoms with van der Waals surface area (Å²) in [6.07, 6.45) is 3.27. The molecule has 0 saturated heterocycles. The molecule has 2 saturated carbocycles. The Balaban J connectivity index is 1.18. The molecule has 6 atom stereocenters. The summed E-state index contributed by atoms with van der Waals surface area (Å²) >= 11 is 0. The van der Waals surface area contributed by atoms with Crippen LogP contribution >= 0.6 is 0 Å². The Labute approximate surface area is 259 Å². The zero-order chi connectivity index (χ0) is 30.5. The van der Waals surface area contributed by atoms with E-state index < -0.39 is 0 Å². The number of aromatic nitrogens is 4. The number of hydrogen-bond acceptors (Lipinski definition) is 8. The highest BCUT2D eigenvalue weighted by Gasteiger charge is 2.44. The standard InChI is InChI=1S/C36H42N4O4/c1-23-7-3-11-31(37-23)33-13-5-9-29(39-33)21-43-35-17-25-15-27(19-41)28(20-42)16-26(25)18-36(35)44-22-30-10-6-14-34(40-30)32-12-4-8-24(2)38-32/h3-14,25-28,35-36,41-42H,15-22H2,1-2H3/t25-,26+,27-,28-,35-,36-/m0/s1. The van der Waals surface area contributed by atoms with Gasteiger partial charge in [0.25, 0.3) is 0 Å². The van der Waals surface area contributed by atoms with E-state index in [4.69, 9.17) is 19.4 Å². The van der Waals surface area contributed by atoms with Gasteiger partial charge in [-0.25, -0.2) is 9.97 Å². The van der Waals surface area contributed by atoms with Gasteiger partial charge in [-0.1, -0.05) is 24.3 Å². The average Bonchev–Trinajstić information content (AvgIpc) is 3.05. The third kappa shape index (κ3) is 7.21. The molecule has 2 N–H and O–H groups in total. The van der Waals surface area contributed by atoms with Gasteiger partial charge in [-0.05, 0) is 112 Å². The normalized spacial score (nSPS) is 25.0. The van der Waals surface area contributed by atoms with Gasteiger partial charge in [0.15, 0.2) is 0 Å². The highest BCUT2D eigenvalue weighted by Crippen LogP contribution is 2.46. The van der Waals surface area contributed by atoms with E-state index in [-0.39, 0.29) is 37.3 Å². The third-order valence-corrected chi connectivity index (χ3v) is 9.30. The number of aliphatic hydroxyl groups excluding tert-OH is 2. The first-order chi connectivity index (χ1) is 21.5. The first-order valence-corrected chi connectivity index (χ1v) is 15.7. The number of ether oxygens (including phenoxy) is 2. The van der Waals surface area contributed by atoms with Crippen LogP contribution in [0.1, 0.15) is 48.5 Å². The lowest BCUT2D eigenvalue weighted by atomic mass is 9.62. The van der Waals surface area contributed by atoms with Crippen molar-refractivity contribution in [2.45, 2.75) is 65.0 Å². The van der Waals surface area contributed by atoms with Gasteiger partial charge >= 0.3 is 0 Å². The highest BCUT2D eigenvalue weighted by atomic mass is 16.5. The molecule has 4 heterocycles. The number of hydrogen-bond donors (Lipinski definition) is 2. The average molecular weight is 595 g/mol. The van der Waals surface area contributed by atoms with Crippen molar-refractivity contribution < 1.29 is 19.7 Å². The van der Waals surface area contributed by atoms with Gasteiger partial charge in [-0.15, -0.1) is 0 Å². The number of aliphatic hydroxyl groups is 2. The second kappa shape index (κ2) is 14.0. The van der Waals surface area contributed by atoms with E-state index >= 15 is 0 Å². The monoisotopic (exact) mass is 594 g/mol. The summed E-state index contributed by atoms with van der Waals surface area (Å²) in [4.78, 5) is 19.0. The molecule has 8 nitrogen and oxygen atoms in total. The van der Waals surface area contributed by atoms with Crippen LogP contribution in [0.3, 0.4) is 0 Å². The Kier molecular flexibility index (Phi) is 9.72. The molecule has 0 unspecified atom stereocenters. The van der Waals surface area contributed by atoms with E-state index in [1.165, 1.54) is 0 Å². The topological polar surface area (TPSA) is 110 Å². The Hall–Kier alpha value is -3.56. The minimum absolute atomic E-state index is 0.113. The number of nitrogens with zero attached hydrogens (tertiary/aromatic N) is 4. The number of aryl methyl sites for hydroxylation is 2. The summed E-state index contributed by atoms with van der Waals surface area (Å²) in [5.41, 5.74) is 6.96. The smallest absolute Gasteiger partial charge is 0.0893 e. The van der Waals surface area contributed by atoms with Gasteiger partial charge in [0.1, 0.15) is 0 Å². The van der Waals surface area contributed by atoms with Gasteiger partial charge < -0.3 is 19.7 Å². The minimum atomic E-state index is -0.120. The third-order valence-electron chi connectivity index (χ3n) is 9.30. The summed E-state index contributed by atoms with van der Waals surface area (Å²) in [7, 11) is 0. The van der Waals surface area contributed by atoms with Crippen molar-refractivity contribution in [1.29, 1.82) is 0 Å². The van der Waals surface area contributed by atoms with E-state index in [0.717, 1.165) is 71.2 Å². The minimum Gasteiger partial charge on any atom is -0.396 e. The Morgan fingerprint density at radius 2 is 0.932 bits per heavy atom. The maximum absolute atomic E-state index is 10.0. The molecule has 2 aliphatic carbocycles. The molecule has 44 heavy (non-hydrogen) atoms. The van der Waals surface area contributed by atoms with Gasteiger partial charge in [0.05, 0.1) is 59.6 Å². The van der Waals surface area contributed by atoms with E-state index in [1.807, 2.05) is 86.6 Å². The van der Waals surface area contributed by atoms with Gasteiger partial charge in [0.2, 0.25) is 0 Å². The summed E-state index contributed by atoms with van der Waals surface area (Å²) in [5.74, 6) is 1.09. The maximum Gasteiger partial charge on any atom is 0.0893 e. The Morgan fingerprint density at radius 3 is 1.32 bits per heavy atom. The van der Waals surface area contributed by atoms with Gasteiger partial charge in [-0.2, -0.15) is 0 Å². The molecule has 6 rings (SSSR count). The van der Waals surface area contributed by atoms with Crippen molar-refractivity contribution in [3.05, 3.63) is 95.6 Å². The molecule has 0 radical (unpaired) electrons. The van der Waals surface area contributed by atoms with Crippen LogP contribution in [0.5, 0.6) is 0 Å². The molecule has 2 fully saturated rings. The maximum atomic E-state index is 10.0. The van der Waals surface area contributed by atoms with Crippen molar-refractivity contribution in [1.82, 2.24) is 19.9 Å². The SMILES string of the molecule is Cc1cccc(-c2cccc(CO[C@H]3C[C@H]4C[C@@H](CO)[C@H](CO)C[C@H]4C[C@@H]3OCc3cccc(-c4cccc(C)n4)n3)n2)n1. The fourth-order valence-electron chi connectivity index (χ4n) is 6.98. The molecule has 0 aromatic carbocycles. The van der Waals surface area contributed by atoms with Crippen LogP contribution < -0.4 is 0 Å². The number of fused-ring (bicyclic) bond motifs is 1. The van der Waals surface area contributed by atoms with Crippen molar-refractivity contribution in [3.8, 4) is 22.8 Å². The largest absolute Gasteiger partial charge is 0.396 e. The van der Waals surface area contributed by atoms with Crippen molar-refractivity contribution in [2.75, 3.05) is 13.2 Å². The predicted octanol–water partition coefficient (Wildman–Crippen LogP) is 5.73. The van der Waals surface area contributed by atoms with Crippen LogP contribution in [0, 0.1) is 37.5 Å². The first-order valence-electron chi connectivity index (χ1n) is 15.7.